The summed E-state index contributed by atoms with van der Waals surface area (Å²) in [5.74, 6) is 2.13. The molecule has 0 aliphatic rings. The molecule has 0 radical (unpaired) electrons. The lowest BCUT2D eigenvalue weighted by molar-refractivity contribution is 0.324. The largest absolute Gasteiger partial charge is 0.493 e. The van der Waals surface area contributed by atoms with E-state index in [-0.39, 0.29) is 0 Å². The third-order valence-electron chi connectivity index (χ3n) is 4.31. The molecule has 0 unspecified atom stereocenters. The molecule has 0 spiro atoms. The number of nitrogens with zero attached hydrogens (tertiary/aromatic N) is 4. The average Bonchev–Trinajstić information content (AvgIpc) is 3.45. The van der Waals surface area contributed by atoms with Gasteiger partial charge < -0.3 is 18.7 Å². The molecule has 4 aromatic rings. The Balaban J connectivity index is 1.76. The van der Waals surface area contributed by atoms with E-state index in [4.69, 9.17) is 18.7 Å². The molecule has 0 aliphatic carbocycles. The highest BCUT2D eigenvalue weighted by atomic mass is 16.5. The third kappa shape index (κ3) is 3.02. The van der Waals surface area contributed by atoms with Gasteiger partial charge in [-0.15, -0.1) is 10.2 Å². The molecule has 0 fully saturated rings. The van der Waals surface area contributed by atoms with Crippen LogP contribution in [0.5, 0.6) is 17.2 Å². The summed E-state index contributed by atoms with van der Waals surface area (Å²) in [6.07, 6.45) is 1.60. The maximum absolute atomic E-state index is 5.43. The second-order valence-corrected chi connectivity index (χ2v) is 5.80. The fraction of sp³-hybridized carbons (Fsp3) is 0.158. The van der Waals surface area contributed by atoms with Gasteiger partial charge in [-0.2, -0.15) is 5.21 Å². The summed E-state index contributed by atoms with van der Waals surface area (Å²) < 4.78 is 21.5. The fourth-order valence-electron chi connectivity index (χ4n) is 2.95. The summed E-state index contributed by atoms with van der Waals surface area (Å²) in [7, 11) is 4.70. The van der Waals surface area contributed by atoms with E-state index in [0.29, 0.717) is 28.8 Å². The van der Waals surface area contributed by atoms with Crippen LogP contribution in [0.15, 0.2) is 47.2 Å². The number of hydrogen-bond acceptors (Lipinski definition) is 8. The summed E-state index contributed by atoms with van der Waals surface area (Å²) >= 11 is 0. The molecule has 0 amide bonds. The van der Waals surface area contributed by atoms with Crippen molar-refractivity contribution in [2.75, 3.05) is 21.3 Å². The van der Waals surface area contributed by atoms with Crippen LogP contribution in [0, 0.1) is 0 Å². The molecule has 142 valence electrons. The Labute approximate surface area is 160 Å². The zero-order valence-corrected chi connectivity index (χ0v) is 15.5. The summed E-state index contributed by atoms with van der Waals surface area (Å²) in [6.45, 7) is 0. The molecule has 4 rings (SSSR count). The number of benzene rings is 2. The Morgan fingerprint density at radius 3 is 2.11 bits per heavy atom. The highest BCUT2D eigenvalue weighted by molar-refractivity contribution is 5.82. The number of rotatable bonds is 6. The first-order valence-electron chi connectivity index (χ1n) is 8.34. The highest BCUT2D eigenvalue weighted by Gasteiger charge is 2.19. The first kappa shape index (κ1) is 17.5. The highest BCUT2D eigenvalue weighted by Crippen LogP contribution is 2.42. The van der Waals surface area contributed by atoms with Crippen LogP contribution >= 0.6 is 0 Å². The molecule has 0 aliphatic heterocycles. The Morgan fingerprint density at radius 1 is 0.857 bits per heavy atom. The molecule has 2 aromatic heterocycles. The smallest absolute Gasteiger partial charge is 0.204 e. The minimum atomic E-state index is 0.517. The topological polar surface area (TPSA) is 108 Å². The number of methoxy groups -OCH3 is 3. The van der Waals surface area contributed by atoms with Gasteiger partial charge in [0.2, 0.25) is 11.6 Å². The van der Waals surface area contributed by atoms with Gasteiger partial charge in [-0.1, -0.05) is 29.4 Å². The van der Waals surface area contributed by atoms with Crippen molar-refractivity contribution in [3.63, 3.8) is 0 Å². The van der Waals surface area contributed by atoms with E-state index in [9.17, 15) is 0 Å². The molecular formula is C19H17N5O4. The van der Waals surface area contributed by atoms with Crippen LogP contribution in [0.4, 0.5) is 0 Å². The van der Waals surface area contributed by atoms with E-state index in [1.54, 1.807) is 27.6 Å². The van der Waals surface area contributed by atoms with Gasteiger partial charge in [0.25, 0.3) is 0 Å². The van der Waals surface area contributed by atoms with Crippen molar-refractivity contribution in [1.82, 2.24) is 25.8 Å². The molecular weight excluding hydrogens is 362 g/mol. The lowest BCUT2D eigenvalue weighted by Crippen LogP contribution is -1.96. The van der Waals surface area contributed by atoms with Gasteiger partial charge in [0.15, 0.2) is 11.5 Å². The summed E-state index contributed by atoms with van der Waals surface area (Å²) in [5, 5.41) is 18.2. The van der Waals surface area contributed by atoms with Crippen LogP contribution in [-0.4, -0.2) is 47.1 Å². The molecule has 1 N–H and O–H groups in total. The molecule has 28 heavy (non-hydrogen) atoms. The van der Waals surface area contributed by atoms with Crippen molar-refractivity contribution in [3.8, 4) is 51.0 Å². The van der Waals surface area contributed by atoms with Crippen molar-refractivity contribution in [3.05, 3.63) is 42.7 Å². The molecule has 0 saturated heterocycles. The number of aromatic amines is 1. The minimum Gasteiger partial charge on any atom is -0.493 e. The second kappa shape index (κ2) is 7.39. The summed E-state index contributed by atoms with van der Waals surface area (Å²) in [4.78, 5) is 0. The van der Waals surface area contributed by atoms with Crippen LogP contribution in [-0.2, 0) is 0 Å². The standard InChI is InChI=1S/C19H17N5O4/c1-25-15-8-13(9-16(26-2)18(15)27-3)17-14(10-28-22-17)11-4-6-12(7-5-11)19-20-23-24-21-19/h4-10H,1-3H3,(H,20,21,23,24). The van der Waals surface area contributed by atoms with Gasteiger partial charge in [0.1, 0.15) is 12.0 Å². The zero-order chi connectivity index (χ0) is 19.5. The molecule has 0 saturated carbocycles. The summed E-state index contributed by atoms with van der Waals surface area (Å²) in [6, 6.07) is 11.4. The number of H-pyrrole nitrogens is 1. The fourth-order valence-corrected chi connectivity index (χ4v) is 2.95. The molecule has 0 atom stereocenters. The van der Waals surface area contributed by atoms with Crippen LogP contribution in [0.2, 0.25) is 0 Å². The molecule has 9 nitrogen and oxygen atoms in total. The minimum absolute atomic E-state index is 0.517. The monoisotopic (exact) mass is 379 g/mol. The van der Waals surface area contributed by atoms with Gasteiger partial charge in [0.05, 0.1) is 21.3 Å². The van der Waals surface area contributed by atoms with E-state index in [0.717, 1.165) is 22.3 Å². The van der Waals surface area contributed by atoms with Crippen molar-refractivity contribution in [1.29, 1.82) is 0 Å². The molecule has 2 heterocycles. The quantitative estimate of drug-likeness (QED) is 0.544. The number of ether oxygens (including phenoxy) is 3. The first-order chi connectivity index (χ1) is 13.7. The zero-order valence-electron chi connectivity index (χ0n) is 15.5. The molecule has 2 aromatic carbocycles. The van der Waals surface area contributed by atoms with E-state index in [2.05, 4.69) is 25.8 Å². The van der Waals surface area contributed by atoms with Crippen LogP contribution in [0.1, 0.15) is 0 Å². The van der Waals surface area contributed by atoms with Gasteiger partial charge in [-0.3, -0.25) is 0 Å². The van der Waals surface area contributed by atoms with Gasteiger partial charge in [0, 0.05) is 16.7 Å². The van der Waals surface area contributed by atoms with E-state index in [1.165, 1.54) is 0 Å². The second-order valence-electron chi connectivity index (χ2n) is 5.80. The number of hydrogen-bond donors (Lipinski definition) is 1. The Hall–Kier alpha value is -3.88. The van der Waals surface area contributed by atoms with Gasteiger partial charge in [-0.25, -0.2) is 0 Å². The van der Waals surface area contributed by atoms with E-state index < -0.39 is 0 Å². The Morgan fingerprint density at radius 2 is 1.54 bits per heavy atom. The SMILES string of the molecule is COc1cc(-c2nocc2-c2ccc(-c3nn[nH]n3)cc2)cc(OC)c1OC. The molecule has 0 bridgehead atoms. The van der Waals surface area contributed by atoms with Crippen molar-refractivity contribution >= 4 is 0 Å². The number of nitrogens with one attached hydrogen (secondary N) is 1. The van der Waals surface area contributed by atoms with E-state index in [1.807, 2.05) is 36.4 Å². The average molecular weight is 379 g/mol. The van der Waals surface area contributed by atoms with Gasteiger partial charge >= 0.3 is 0 Å². The first-order valence-corrected chi connectivity index (χ1v) is 8.34. The molecule has 9 heteroatoms. The maximum atomic E-state index is 5.43. The van der Waals surface area contributed by atoms with Crippen LogP contribution < -0.4 is 14.2 Å². The maximum Gasteiger partial charge on any atom is 0.204 e. The number of aromatic nitrogens is 5. The Bertz CT molecular complexity index is 1050. The van der Waals surface area contributed by atoms with Crippen molar-refractivity contribution in [2.24, 2.45) is 0 Å². The lowest BCUT2D eigenvalue weighted by atomic mass is 10.00. The summed E-state index contributed by atoms with van der Waals surface area (Å²) in [5.41, 5.74) is 4.04. The third-order valence-corrected chi connectivity index (χ3v) is 4.31. The van der Waals surface area contributed by atoms with Crippen LogP contribution in [0.3, 0.4) is 0 Å². The van der Waals surface area contributed by atoms with Gasteiger partial charge in [-0.05, 0) is 22.9 Å². The van der Waals surface area contributed by atoms with Crippen molar-refractivity contribution in [2.45, 2.75) is 0 Å². The normalized spacial score (nSPS) is 10.7. The predicted molar refractivity (Wildman–Crippen MR) is 100 cm³/mol. The van der Waals surface area contributed by atoms with E-state index >= 15 is 0 Å². The lowest BCUT2D eigenvalue weighted by Gasteiger charge is -2.13. The Kier molecular flexibility index (Phi) is 4.63. The van der Waals surface area contributed by atoms with Crippen LogP contribution in [0.25, 0.3) is 33.8 Å². The predicted octanol–water partition coefficient (Wildman–Crippen LogP) is 3.21. The van der Waals surface area contributed by atoms with Crippen molar-refractivity contribution < 1.29 is 18.7 Å². The number of tetrazole rings is 1.